The molecule has 0 aromatic rings. The largest absolute Gasteiger partial charge is 0.316 e. The highest BCUT2D eigenvalue weighted by molar-refractivity contribution is 4.94. The van der Waals surface area contributed by atoms with Crippen molar-refractivity contribution in [3.8, 4) is 0 Å². The molecule has 1 atom stereocenters. The maximum absolute atomic E-state index is 3.59. The fraction of sp³-hybridized carbons (Fsp3) is 1.00. The van der Waals surface area contributed by atoms with E-state index in [2.05, 4.69) is 31.0 Å². The third-order valence-corrected chi connectivity index (χ3v) is 5.02. The van der Waals surface area contributed by atoms with Crippen molar-refractivity contribution < 1.29 is 0 Å². The zero-order valence-corrected chi connectivity index (χ0v) is 12.0. The first-order chi connectivity index (χ1) is 8.16. The first-order valence-corrected chi connectivity index (χ1v) is 7.59. The summed E-state index contributed by atoms with van der Waals surface area (Å²) >= 11 is 0. The summed E-state index contributed by atoms with van der Waals surface area (Å²) in [6.45, 7) is 13.5. The third kappa shape index (κ3) is 3.03. The van der Waals surface area contributed by atoms with Crippen molar-refractivity contribution in [3.05, 3.63) is 0 Å². The van der Waals surface area contributed by atoms with E-state index in [9.17, 15) is 0 Å². The van der Waals surface area contributed by atoms with Crippen LogP contribution in [0.4, 0.5) is 0 Å². The Labute approximate surface area is 107 Å². The highest BCUT2D eigenvalue weighted by Crippen LogP contribution is 2.44. The minimum atomic E-state index is 0.688. The third-order valence-electron chi connectivity index (χ3n) is 5.02. The summed E-state index contributed by atoms with van der Waals surface area (Å²) in [7, 11) is 0. The maximum atomic E-state index is 3.59. The molecule has 0 saturated carbocycles. The van der Waals surface area contributed by atoms with E-state index in [4.69, 9.17) is 0 Å². The van der Waals surface area contributed by atoms with Crippen molar-refractivity contribution >= 4 is 0 Å². The molecule has 2 aliphatic rings. The van der Waals surface area contributed by atoms with Gasteiger partial charge >= 0.3 is 0 Å². The molecule has 0 bridgehead atoms. The summed E-state index contributed by atoms with van der Waals surface area (Å²) in [5, 5.41) is 3.59. The van der Waals surface area contributed by atoms with E-state index in [1.807, 2.05) is 0 Å². The summed E-state index contributed by atoms with van der Waals surface area (Å²) < 4.78 is 0. The smallest absolute Gasteiger partial charge is 0.000439 e. The fourth-order valence-corrected chi connectivity index (χ4v) is 3.97. The van der Waals surface area contributed by atoms with E-state index >= 15 is 0 Å². The van der Waals surface area contributed by atoms with E-state index in [-0.39, 0.29) is 0 Å². The van der Waals surface area contributed by atoms with Gasteiger partial charge in [-0.15, -0.1) is 0 Å². The molecule has 0 radical (unpaired) electrons. The van der Waals surface area contributed by atoms with Gasteiger partial charge in [0.05, 0.1) is 0 Å². The molecule has 2 aliphatic heterocycles. The highest BCUT2D eigenvalue weighted by Gasteiger charge is 2.41. The van der Waals surface area contributed by atoms with Crippen molar-refractivity contribution in [2.24, 2.45) is 17.3 Å². The van der Waals surface area contributed by atoms with Gasteiger partial charge in [-0.05, 0) is 62.7 Å². The Morgan fingerprint density at radius 2 is 1.94 bits per heavy atom. The van der Waals surface area contributed by atoms with Gasteiger partial charge < -0.3 is 10.2 Å². The Balaban J connectivity index is 1.91. The van der Waals surface area contributed by atoms with Gasteiger partial charge in [0, 0.05) is 6.54 Å². The van der Waals surface area contributed by atoms with Crippen LogP contribution in [0, 0.1) is 17.3 Å². The van der Waals surface area contributed by atoms with Crippen LogP contribution in [0.5, 0.6) is 0 Å². The summed E-state index contributed by atoms with van der Waals surface area (Å²) in [6.07, 6.45) is 5.66. The molecule has 0 amide bonds. The monoisotopic (exact) mass is 238 g/mol. The first kappa shape index (κ1) is 13.4. The first-order valence-electron chi connectivity index (χ1n) is 7.59. The molecule has 2 nitrogen and oxygen atoms in total. The number of rotatable bonds is 3. The maximum Gasteiger partial charge on any atom is 0.000439 e. The van der Waals surface area contributed by atoms with Crippen molar-refractivity contribution in [2.75, 3.05) is 32.7 Å². The van der Waals surface area contributed by atoms with E-state index in [1.54, 1.807) is 0 Å². The highest BCUT2D eigenvalue weighted by atomic mass is 15.1. The molecule has 0 aromatic carbocycles. The van der Waals surface area contributed by atoms with Crippen LogP contribution < -0.4 is 5.32 Å². The molecule has 1 spiro atoms. The molecule has 2 heterocycles. The lowest BCUT2D eigenvalue weighted by molar-refractivity contribution is 0.0171. The van der Waals surface area contributed by atoms with Crippen LogP contribution in [-0.2, 0) is 0 Å². The fourth-order valence-electron chi connectivity index (χ4n) is 3.97. The van der Waals surface area contributed by atoms with Gasteiger partial charge in [-0.3, -0.25) is 0 Å². The lowest BCUT2D eigenvalue weighted by Gasteiger charge is -2.49. The second-order valence-corrected chi connectivity index (χ2v) is 6.62. The second kappa shape index (κ2) is 5.71. The number of hydrogen-bond acceptors (Lipinski definition) is 2. The van der Waals surface area contributed by atoms with Gasteiger partial charge in [0.2, 0.25) is 0 Å². The molecule has 0 aromatic heterocycles. The quantitative estimate of drug-likeness (QED) is 0.813. The SMILES string of the molecule is CCC1CNCCC12CCN(CC(C)C)CC2. The topological polar surface area (TPSA) is 15.3 Å². The molecule has 1 unspecified atom stereocenters. The molecule has 2 rings (SSSR count). The average molecular weight is 238 g/mol. The Kier molecular flexibility index (Phi) is 4.48. The minimum Gasteiger partial charge on any atom is -0.316 e. The Hall–Kier alpha value is -0.0800. The van der Waals surface area contributed by atoms with Gasteiger partial charge in [0.25, 0.3) is 0 Å². The van der Waals surface area contributed by atoms with E-state index in [0.717, 1.165) is 11.8 Å². The van der Waals surface area contributed by atoms with Crippen LogP contribution in [0.15, 0.2) is 0 Å². The lowest BCUT2D eigenvalue weighted by Crippen LogP contribution is -2.51. The Morgan fingerprint density at radius 1 is 1.24 bits per heavy atom. The summed E-state index contributed by atoms with van der Waals surface area (Å²) in [4.78, 5) is 2.69. The number of hydrogen-bond donors (Lipinski definition) is 1. The summed E-state index contributed by atoms with van der Waals surface area (Å²) in [5.74, 6) is 1.75. The van der Waals surface area contributed by atoms with Crippen molar-refractivity contribution in [1.29, 1.82) is 0 Å². The molecule has 1 N–H and O–H groups in total. The van der Waals surface area contributed by atoms with Crippen LogP contribution in [0.1, 0.15) is 46.5 Å². The van der Waals surface area contributed by atoms with E-state index in [0.29, 0.717) is 5.41 Å². The number of piperidine rings is 2. The van der Waals surface area contributed by atoms with Gasteiger partial charge in [-0.1, -0.05) is 27.2 Å². The molecular formula is C15H30N2. The molecule has 17 heavy (non-hydrogen) atoms. The van der Waals surface area contributed by atoms with E-state index < -0.39 is 0 Å². The van der Waals surface area contributed by atoms with Gasteiger partial charge in [0.1, 0.15) is 0 Å². The van der Waals surface area contributed by atoms with Crippen molar-refractivity contribution in [2.45, 2.75) is 46.5 Å². The van der Waals surface area contributed by atoms with Crippen LogP contribution in [0.3, 0.4) is 0 Å². The number of nitrogens with one attached hydrogen (secondary N) is 1. The molecule has 2 saturated heterocycles. The predicted molar refractivity (Wildman–Crippen MR) is 74.2 cm³/mol. The van der Waals surface area contributed by atoms with Gasteiger partial charge in [-0.25, -0.2) is 0 Å². The second-order valence-electron chi connectivity index (χ2n) is 6.62. The van der Waals surface area contributed by atoms with Crippen LogP contribution >= 0.6 is 0 Å². The van der Waals surface area contributed by atoms with Gasteiger partial charge in [-0.2, -0.15) is 0 Å². The molecule has 100 valence electrons. The summed E-state index contributed by atoms with van der Waals surface area (Å²) in [6, 6.07) is 0. The normalized spacial score (nSPS) is 30.0. The molecule has 2 heteroatoms. The minimum absolute atomic E-state index is 0.688. The Morgan fingerprint density at radius 3 is 2.53 bits per heavy atom. The predicted octanol–water partition coefficient (Wildman–Crippen LogP) is 2.74. The standard InChI is InChI=1S/C15H30N2/c1-4-14-11-16-8-5-15(14)6-9-17(10-7-15)12-13(2)3/h13-14,16H,4-12H2,1-3H3. The Bertz CT molecular complexity index is 229. The van der Waals surface area contributed by atoms with Crippen molar-refractivity contribution in [3.63, 3.8) is 0 Å². The zero-order valence-electron chi connectivity index (χ0n) is 12.0. The van der Waals surface area contributed by atoms with Gasteiger partial charge in [0.15, 0.2) is 0 Å². The summed E-state index contributed by atoms with van der Waals surface area (Å²) in [5.41, 5.74) is 0.688. The molecular weight excluding hydrogens is 208 g/mol. The van der Waals surface area contributed by atoms with Crippen LogP contribution in [0.2, 0.25) is 0 Å². The molecule has 2 fully saturated rings. The zero-order chi connectivity index (χ0) is 12.3. The van der Waals surface area contributed by atoms with E-state index in [1.165, 1.54) is 58.4 Å². The number of likely N-dealkylation sites (tertiary alicyclic amines) is 1. The molecule has 0 aliphatic carbocycles. The lowest BCUT2D eigenvalue weighted by atomic mass is 9.64. The van der Waals surface area contributed by atoms with Crippen molar-refractivity contribution in [1.82, 2.24) is 10.2 Å². The van der Waals surface area contributed by atoms with Crippen LogP contribution in [0.25, 0.3) is 0 Å². The van der Waals surface area contributed by atoms with Crippen LogP contribution in [-0.4, -0.2) is 37.6 Å². The number of nitrogens with zero attached hydrogens (tertiary/aromatic N) is 1. The average Bonchev–Trinajstić information content (AvgIpc) is 2.32.